The third kappa shape index (κ3) is 3.68. The van der Waals surface area contributed by atoms with Crippen molar-refractivity contribution < 1.29 is 19.0 Å². The number of nitrogens with two attached hydrogens (primary N) is 1. The Morgan fingerprint density at radius 3 is 2.71 bits per heavy atom. The Hall–Kier alpha value is -3.57. The molecule has 1 aromatic heterocycles. The Balaban J connectivity index is 1.84. The van der Waals surface area contributed by atoms with E-state index in [1.165, 1.54) is 7.11 Å². The lowest BCUT2D eigenvalue weighted by molar-refractivity contribution is 0.0600. The number of aromatic nitrogens is 1. The minimum absolute atomic E-state index is 0.0206. The smallest absolute Gasteiger partial charge is 0.337 e. The molecule has 2 N–H and O–H groups in total. The molecule has 2 aromatic rings. The van der Waals surface area contributed by atoms with Gasteiger partial charge in [0, 0.05) is 18.4 Å². The van der Waals surface area contributed by atoms with E-state index in [9.17, 15) is 14.9 Å². The summed E-state index contributed by atoms with van der Waals surface area (Å²) in [5.41, 5.74) is 8.05. The number of hydrogen-bond acceptors (Lipinski definition) is 7. The number of benzene rings is 1. The molecule has 1 saturated heterocycles. The monoisotopic (exact) mass is 421 g/mol. The third-order valence-electron chi connectivity index (χ3n) is 5.77. The molecule has 8 nitrogen and oxygen atoms in total. The number of allylic oxidation sites excluding steroid dienone is 1. The van der Waals surface area contributed by atoms with Gasteiger partial charge in [0.25, 0.3) is 5.56 Å². The van der Waals surface area contributed by atoms with Crippen LogP contribution in [0.15, 0.2) is 46.6 Å². The highest BCUT2D eigenvalue weighted by Crippen LogP contribution is 2.40. The SMILES string of the molecule is COC(=O)c1ccc(C2C(C#N)=C(N)Oc3cc(C)n(CC4CCCO4)c(=O)c32)cc1. The maximum absolute atomic E-state index is 13.6. The number of ether oxygens (including phenoxy) is 3. The van der Waals surface area contributed by atoms with Gasteiger partial charge in [0.15, 0.2) is 0 Å². The fraction of sp³-hybridized carbons (Fsp3) is 0.348. The summed E-state index contributed by atoms with van der Waals surface area (Å²) in [6.45, 7) is 2.96. The van der Waals surface area contributed by atoms with Crippen molar-refractivity contribution in [2.45, 2.75) is 38.3 Å². The summed E-state index contributed by atoms with van der Waals surface area (Å²) in [4.78, 5) is 25.4. The van der Waals surface area contributed by atoms with Gasteiger partial charge in [0.1, 0.15) is 17.4 Å². The minimum atomic E-state index is -0.704. The fourth-order valence-corrected chi connectivity index (χ4v) is 4.17. The predicted octanol–water partition coefficient (Wildman–Crippen LogP) is 2.34. The average Bonchev–Trinajstić information content (AvgIpc) is 3.28. The number of rotatable bonds is 4. The molecule has 2 aliphatic rings. The van der Waals surface area contributed by atoms with Crippen LogP contribution in [-0.2, 0) is 16.0 Å². The van der Waals surface area contributed by atoms with E-state index in [1.54, 1.807) is 34.9 Å². The Bertz CT molecular complexity index is 1150. The Morgan fingerprint density at radius 1 is 1.35 bits per heavy atom. The second kappa shape index (κ2) is 8.28. The molecule has 0 bridgehead atoms. The summed E-state index contributed by atoms with van der Waals surface area (Å²) < 4.78 is 17.8. The average molecular weight is 421 g/mol. The third-order valence-corrected chi connectivity index (χ3v) is 5.77. The lowest BCUT2D eigenvalue weighted by atomic mass is 9.83. The normalized spacial score (nSPS) is 20.0. The first-order valence-electron chi connectivity index (χ1n) is 10.1. The lowest BCUT2D eigenvalue weighted by Gasteiger charge is -2.28. The van der Waals surface area contributed by atoms with Gasteiger partial charge >= 0.3 is 5.97 Å². The number of aryl methyl sites for hydroxylation is 1. The number of hydrogen-bond donors (Lipinski definition) is 1. The van der Waals surface area contributed by atoms with Crippen molar-refractivity contribution in [1.29, 1.82) is 5.26 Å². The van der Waals surface area contributed by atoms with Crippen molar-refractivity contribution >= 4 is 5.97 Å². The van der Waals surface area contributed by atoms with Crippen LogP contribution in [0.5, 0.6) is 5.75 Å². The van der Waals surface area contributed by atoms with Crippen LogP contribution in [0.2, 0.25) is 0 Å². The molecule has 4 rings (SSSR count). The molecule has 1 aromatic carbocycles. The van der Waals surface area contributed by atoms with Crippen LogP contribution in [0.3, 0.4) is 0 Å². The number of carbonyl (C=O) groups excluding carboxylic acids is 1. The van der Waals surface area contributed by atoms with Crippen LogP contribution in [0.4, 0.5) is 0 Å². The molecule has 0 radical (unpaired) electrons. The zero-order valence-corrected chi connectivity index (χ0v) is 17.4. The Labute approximate surface area is 179 Å². The summed E-state index contributed by atoms with van der Waals surface area (Å²) in [5, 5.41) is 9.77. The highest BCUT2D eigenvalue weighted by Gasteiger charge is 2.34. The van der Waals surface area contributed by atoms with E-state index in [4.69, 9.17) is 19.9 Å². The second-order valence-corrected chi connectivity index (χ2v) is 7.65. The molecule has 8 heteroatoms. The van der Waals surface area contributed by atoms with E-state index in [0.717, 1.165) is 18.5 Å². The van der Waals surface area contributed by atoms with Gasteiger partial charge < -0.3 is 24.5 Å². The molecule has 3 heterocycles. The maximum Gasteiger partial charge on any atom is 0.337 e. The van der Waals surface area contributed by atoms with E-state index < -0.39 is 11.9 Å². The standard InChI is InChI=1S/C23H23N3O5/c1-13-10-18-20(22(27)26(13)12-16-4-3-9-30-16)19(17(11-24)21(25)31-18)14-5-7-15(8-6-14)23(28)29-2/h5-8,10,16,19H,3-4,9,12,25H2,1-2H3. The summed E-state index contributed by atoms with van der Waals surface area (Å²) in [7, 11) is 1.31. The highest BCUT2D eigenvalue weighted by molar-refractivity contribution is 5.89. The summed E-state index contributed by atoms with van der Waals surface area (Å²) in [5.74, 6) is -0.870. The van der Waals surface area contributed by atoms with Crippen molar-refractivity contribution in [3.63, 3.8) is 0 Å². The molecule has 31 heavy (non-hydrogen) atoms. The molecular weight excluding hydrogens is 398 g/mol. The first-order valence-corrected chi connectivity index (χ1v) is 10.1. The van der Waals surface area contributed by atoms with Gasteiger partial charge in [-0.15, -0.1) is 0 Å². The zero-order chi connectivity index (χ0) is 22.1. The molecular formula is C23H23N3O5. The molecule has 2 atom stereocenters. The first kappa shape index (κ1) is 20.7. The molecule has 0 saturated carbocycles. The van der Waals surface area contributed by atoms with Crippen LogP contribution in [0.25, 0.3) is 0 Å². The van der Waals surface area contributed by atoms with Crippen LogP contribution in [0.1, 0.15) is 45.9 Å². The van der Waals surface area contributed by atoms with Crippen LogP contribution in [-0.4, -0.2) is 30.4 Å². The number of nitriles is 1. The molecule has 1 fully saturated rings. The molecule has 2 unspecified atom stereocenters. The molecule has 2 aliphatic heterocycles. The van der Waals surface area contributed by atoms with Gasteiger partial charge in [-0.2, -0.15) is 5.26 Å². The number of carbonyl (C=O) groups is 1. The maximum atomic E-state index is 13.6. The molecule has 160 valence electrons. The van der Waals surface area contributed by atoms with Crippen LogP contribution in [0, 0.1) is 18.3 Å². The Morgan fingerprint density at radius 2 is 2.10 bits per heavy atom. The quantitative estimate of drug-likeness (QED) is 0.753. The van der Waals surface area contributed by atoms with Gasteiger partial charge in [0.2, 0.25) is 5.88 Å². The second-order valence-electron chi connectivity index (χ2n) is 7.65. The van der Waals surface area contributed by atoms with Crippen molar-refractivity contribution in [1.82, 2.24) is 4.57 Å². The fourth-order valence-electron chi connectivity index (χ4n) is 4.17. The molecule has 0 aliphatic carbocycles. The largest absolute Gasteiger partial charge is 0.465 e. The van der Waals surface area contributed by atoms with E-state index in [0.29, 0.717) is 35.6 Å². The predicted molar refractivity (Wildman–Crippen MR) is 111 cm³/mol. The van der Waals surface area contributed by atoms with E-state index >= 15 is 0 Å². The van der Waals surface area contributed by atoms with E-state index in [-0.39, 0.29) is 23.1 Å². The number of fused-ring (bicyclic) bond motifs is 1. The molecule has 0 spiro atoms. The van der Waals surface area contributed by atoms with Crippen molar-refractivity contribution in [3.8, 4) is 11.8 Å². The zero-order valence-electron chi connectivity index (χ0n) is 17.4. The van der Waals surface area contributed by atoms with Crippen molar-refractivity contribution in [2.24, 2.45) is 5.73 Å². The molecule has 0 amide bonds. The van der Waals surface area contributed by atoms with E-state index in [2.05, 4.69) is 6.07 Å². The van der Waals surface area contributed by atoms with Crippen molar-refractivity contribution in [2.75, 3.05) is 13.7 Å². The minimum Gasteiger partial charge on any atom is -0.465 e. The first-order chi connectivity index (χ1) is 14.9. The van der Waals surface area contributed by atoms with E-state index in [1.807, 2.05) is 6.92 Å². The summed E-state index contributed by atoms with van der Waals surface area (Å²) in [6, 6.07) is 10.4. The van der Waals surface area contributed by atoms with Gasteiger partial charge in [-0.05, 0) is 37.5 Å². The van der Waals surface area contributed by atoms with Crippen LogP contribution < -0.4 is 16.0 Å². The number of methoxy groups -OCH3 is 1. The lowest BCUT2D eigenvalue weighted by Crippen LogP contribution is -2.35. The number of nitrogens with zero attached hydrogens (tertiary/aromatic N) is 2. The summed E-state index contributed by atoms with van der Waals surface area (Å²) >= 11 is 0. The Kier molecular flexibility index (Phi) is 5.53. The van der Waals surface area contributed by atoms with Crippen molar-refractivity contribution in [3.05, 3.63) is 74.5 Å². The van der Waals surface area contributed by atoms with Gasteiger partial charge in [-0.25, -0.2) is 4.79 Å². The van der Waals surface area contributed by atoms with Gasteiger partial charge in [-0.3, -0.25) is 4.79 Å². The highest BCUT2D eigenvalue weighted by atomic mass is 16.5. The van der Waals surface area contributed by atoms with Gasteiger partial charge in [0.05, 0.1) is 36.8 Å². The number of esters is 1. The number of pyridine rings is 1. The van der Waals surface area contributed by atoms with Gasteiger partial charge in [-0.1, -0.05) is 12.1 Å². The summed E-state index contributed by atoms with van der Waals surface area (Å²) in [6.07, 6.45) is 1.85. The topological polar surface area (TPSA) is 117 Å². The van der Waals surface area contributed by atoms with Crippen LogP contribution >= 0.6 is 0 Å².